The molecule has 4 heterocycles. The zero-order valence-electron chi connectivity index (χ0n) is 13.5. The Morgan fingerprint density at radius 3 is 2.92 bits per heavy atom. The Balaban J connectivity index is 1.55. The van der Waals surface area contributed by atoms with E-state index in [1.165, 1.54) is 11.6 Å². The van der Waals surface area contributed by atoms with Crippen molar-refractivity contribution in [3.63, 3.8) is 0 Å². The van der Waals surface area contributed by atoms with Crippen molar-refractivity contribution in [1.29, 1.82) is 0 Å². The Labute approximate surface area is 138 Å². The Kier molecular flexibility index (Phi) is 3.58. The summed E-state index contributed by atoms with van der Waals surface area (Å²) in [5, 5.41) is 4.13. The van der Waals surface area contributed by atoms with Crippen LogP contribution in [0.2, 0.25) is 0 Å². The first-order valence-electron chi connectivity index (χ1n) is 8.00. The molecule has 24 heavy (non-hydrogen) atoms. The molecule has 1 atom stereocenters. The fourth-order valence-corrected chi connectivity index (χ4v) is 3.49. The number of likely N-dealkylation sites (tertiary alicyclic amines) is 1. The summed E-state index contributed by atoms with van der Waals surface area (Å²) in [7, 11) is 1.49. The highest BCUT2D eigenvalue weighted by molar-refractivity contribution is 5.06. The predicted molar refractivity (Wildman–Crippen MR) is 85.4 cm³/mol. The molecule has 0 saturated carbocycles. The van der Waals surface area contributed by atoms with E-state index in [0.717, 1.165) is 29.9 Å². The molecule has 126 valence electrons. The lowest BCUT2D eigenvalue weighted by Crippen LogP contribution is -2.52. The quantitative estimate of drug-likeness (QED) is 0.692. The third-order valence-electron chi connectivity index (χ3n) is 4.76. The molecule has 2 aliphatic rings. The van der Waals surface area contributed by atoms with E-state index < -0.39 is 16.7 Å². The normalized spacial score (nSPS) is 23.5. The topological polar surface area (TPSA) is 82.3 Å². The first-order valence-corrected chi connectivity index (χ1v) is 8.00. The number of hydrogen-bond acceptors (Lipinski definition) is 6. The molecule has 2 aliphatic heterocycles. The van der Waals surface area contributed by atoms with Crippen LogP contribution in [0.15, 0.2) is 34.0 Å². The molecule has 0 aromatic carbocycles. The van der Waals surface area contributed by atoms with Crippen LogP contribution in [-0.2, 0) is 31.5 Å². The summed E-state index contributed by atoms with van der Waals surface area (Å²) in [6.45, 7) is 2.97. The van der Waals surface area contributed by atoms with E-state index in [-0.39, 0.29) is 6.61 Å². The third kappa shape index (κ3) is 2.57. The maximum atomic E-state index is 12.3. The number of aromatic nitrogens is 4. The third-order valence-corrected chi connectivity index (χ3v) is 4.76. The van der Waals surface area contributed by atoms with Crippen LogP contribution in [0.4, 0.5) is 0 Å². The van der Waals surface area contributed by atoms with E-state index in [1.807, 2.05) is 18.2 Å². The average Bonchev–Trinajstić information content (AvgIpc) is 2.97. The molecule has 4 rings (SSSR count). The number of rotatable bonds is 2. The average molecular weight is 329 g/mol. The fourth-order valence-electron chi connectivity index (χ4n) is 3.49. The summed E-state index contributed by atoms with van der Waals surface area (Å²) in [5.74, 6) is 0.510. The van der Waals surface area contributed by atoms with Crippen LogP contribution < -0.4 is 11.1 Å². The SMILES string of the molecule is Cn1nc2n(c(=O)c1=O)C[C@]1(CCN(Cc3ccccn3)C1)OC2. The number of pyridine rings is 1. The molecule has 8 heteroatoms. The van der Waals surface area contributed by atoms with Gasteiger partial charge in [-0.1, -0.05) is 6.07 Å². The smallest absolute Gasteiger partial charge is 0.332 e. The van der Waals surface area contributed by atoms with Crippen LogP contribution in [0.25, 0.3) is 0 Å². The van der Waals surface area contributed by atoms with Crippen LogP contribution in [0, 0.1) is 0 Å². The number of hydrogen-bond donors (Lipinski definition) is 0. The molecular formula is C16H19N5O3. The van der Waals surface area contributed by atoms with Gasteiger partial charge in [0.2, 0.25) is 0 Å². The number of fused-ring (bicyclic) bond motifs is 1. The summed E-state index contributed by atoms with van der Waals surface area (Å²) in [5.41, 5.74) is -0.537. The highest BCUT2D eigenvalue weighted by Gasteiger charge is 2.43. The second-order valence-corrected chi connectivity index (χ2v) is 6.49. The molecule has 0 amide bonds. The maximum absolute atomic E-state index is 12.3. The van der Waals surface area contributed by atoms with E-state index >= 15 is 0 Å². The first-order chi connectivity index (χ1) is 11.6. The van der Waals surface area contributed by atoms with Crippen LogP contribution in [0.1, 0.15) is 17.9 Å². The standard InChI is InChI=1S/C16H19N5O3/c1-19-14(22)15(23)21-11-16(24-9-13(21)18-19)5-7-20(10-16)8-12-4-2-3-6-17-12/h2-4,6H,5,7-11H2,1H3/t16-/m1/s1. The van der Waals surface area contributed by atoms with Gasteiger partial charge in [0.05, 0.1) is 12.2 Å². The van der Waals surface area contributed by atoms with E-state index in [4.69, 9.17) is 4.74 Å². The molecule has 0 unspecified atom stereocenters. The molecular weight excluding hydrogens is 310 g/mol. The van der Waals surface area contributed by atoms with Crippen LogP contribution in [-0.4, -0.2) is 42.9 Å². The van der Waals surface area contributed by atoms with Crippen molar-refractivity contribution in [3.05, 3.63) is 56.6 Å². The minimum atomic E-state index is -0.598. The molecule has 8 nitrogen and oxygen atoms in total. The second kappa shape index (κ2) is 5.64. The lowest BCUT2D eigenvalue weighted by molar-refractivity contribution is -0.0858. The number of aryl methyl sites for hydroxylation is 1. The molecule has 1 spiro atoms. The van der Waals surface area contributed by atoms with E-state index in [2.05, 4.69) is 15.0 Å². The van der Waals surface area contributed by atoms with Gasteiger partial charge in [-0.15, -0.1) is 0 Å². The van der Waals surface area contributed by atoms with E-state index in [0.29, 0.717) is 18.9 Å². The van der Waals surface area contributed by atoms with Gasteiger partial charge in [-0.05, 0) is 18.6 Å². The number of nitrogens with zero attached hydrogens (tertiary/aromatic N) is 5. The minimum absolute atomic E-state index is 0.251. The molecule has 1 saturated heterocycles. The second-order valence-electron chi connectivity index (χ2n) is 6.49. The zero-order valence-corrected chi connectivity index (χ0v) is 13.5. The van der Waals surface area contributed by atoms with Crippen LogP contribution in [0.5, 0.6) is 0 Å². The molecule has 0 N–H and O–H groups in total. The summed E-state index contributed by atoms with van der Waals surface area (Å²) in [4.78, 5) is 30.7. The van der Waals surface area contributed by atoms with Crippen molar-refractivity contribution >= 4 is 0 Å². The summed E-state index contributed by atoms with van der Waals surface area (Å²) in [6, 6.07) is 5.87. The van der Waals surface area contributed by atoms with Gasteiger partial charge < -0.3 is 4.74 Å². The van der Waals surface area contributed by atoms with E-state index in [9.17, 15) is 9.59 Å². The molecule has 0 aliphatic carbocycles. The van der Waals surface area contributed by atoms with Gasteiger partial charge >= 0.3 is 11.1 Å². The summed E-state index contributed by atoms with van der Waals surface area (Å²) < 4.78 is 8.63. The van der Waals surface area contributed by atoms with Gasteiger partial charge in [-0.3, -0.25) is 24.0 Å². The minimum Gasteiger partial charge on any atom is -0.364 e. The first kappa shape index (κ1) is 15.2. The highest BCUT2D eigenvalue weighted by atomic mass is 16.5. The monoisotopic (exact) mass is 329 g/mol. The van der Waals surface area contributed by atoms with Crippen molar-refractivity contribution in [1.82, 2.24) is 24.2 Å². The van der Waals surface area contributed by atoms with Gasteiger partial charge in [0.1, 0.15) is 12.2 Å². The summed E-state index contributed by atoms with van der Waals surface area (Å²) >= 11 is 0. The number of ether oxygens (including phenoxy) is 1. The highest BCUT2D eigenvalue weighted by Crippen LogP contribution is 2.31. The van der Waals surface area contributed by atoms with E-state index in [1.54, 1.807) is 6.20 Å². The molecule has 1 fully saturated rings. The van der Waals surface area contributed by atoms with Gasteiger partial charge in [0.25, 0.3) is 0 Å². The Hall–Kier alpha value is -2.32. The van der Waals surface area contributed by atoms with Gasteiger partial charge in [-0.25, -0.2) is 4.68 Å². The maximum Gasteiger partial charge on any atom is 0.332 e. The van der Waals surface area contributed by atoms with Crippen molar-refractivity contribution < 1.29 is 4.74 Å². The van der Waals surface area contributed by atoms with Crippen molar-refractivity contribution in [3.8, 4) is 0 Å². The van der Waals surface area contributed by atoms with Crippen molar-refractivity contribution in [2.45, 2.75) is 31.7 Å². The molecule has 2 aromatic rings. The zero-order chi connectivity index (χ0) is 16.7. The largest absolute Gasteiger partial charge is 0.364 e. The Morgan fingerprint density at radius 1 is 1.25 bits per heavy atom. The van der Waals surface area contributed by atoms with Crippen molar-refractivity contribution in [2.24, 2.45) is 7.05 Å². The Bertz CT molecular complexity index is 876. The molecule has 0 radical (unpaired) electrons. The van der Waals surface area contributed by atoms with Crippen LogP contribution >= 0.6 is 0 Å². The van der Waals surface area contributed by atoms with Gasteiger partial charge in [0.15, 0.2) is 5.82 Å². The lowest BCUT2D eigenvalue weighted by atomic mass is 10.0. The summed E-state index contributed by atoms with van der Waals surface area (Å²) in [6.07, 6.45) is 2.61. The molecule has 2 aromatic heterocycles. The fraction of sp³-hybridized carbons (Fsp3) is 0.500. The van der Waals surface area contributed by atoms with Crippen LogP contribution in [0.3, 0.4) is 0 Å². The van der Waals surface area contributed by atoms with Crippen molar-refractivity contribution in [2.75, 3.05) is 13.1 Å². The van der Waals surface area contributed by atoms with Gasteiger partial charge in [-0.2, -0.15) is 5.10 Å². The van der Waals surface area contributed by atoms with Gasteiger partial charge in [0, 0.05) is 32.9 Å². The lowest BCUT2D eigenvalue weighted by Gasteiger charge is -2.35. The molecule has 0 bridgehead atoms. The predicted octanol–water partition coefficient (Wildman–Crippen LogP) is -0.488. The Morgan fingerprint density at radius 2 is 2.12 bits per heavy atom.